The molecule has 1 aromatic carbocycles. The van der Waals surface area contributed by atoms with Crippen molar-refractivity contribution in [2.45, 2.75) is 31.1 Å². The topological polar surface area (TPSA) is 0 Å². The third kappa shape index (κ3) is 2.27. The SMILES string of the molecule is CC(C)(C)c1ccc(S)c(Br)c1. The highest BCUT2D eigenvalue weighted by atomic mass is 79.9. The summed E-state index contributed by atoms with van der Waals surface area (Å²) in [6.45, 7) is 6.60. The second-order valence-corrected chi connectivity index (χ2v) is 5.25. The Morgan fingerprint density at radius 3 is 2.25 bits per heavy atom. The first-order chi connectivity index (χ1) is 5.41. The molecule has 0 aliphatic rings. The fourth-order valence-corrected chi connectivity index (χ4v) is 1.49. The highest BCUT2D eigenvalue weighted by Crippen LogP contribution is 2.28. The average Bonchev–Trinajstić information content (AvgIpc) is 1.92. The van der Waals surface area contributed by atoms with E-state index < -0.39 is 0 Å². The van der Waals surface area contributed by atoms with Gasteiger partial charge in [0.2, 0.25) is 0 Å². The molecule has 66 valence electrons. The van der Waals surface area contributed by atoms with Crippen LogP contribution < -0.4 is 0 Å². The largest absolute Gasteiger partial charge is 0.142 e. The Hall–Kier alpha value is 0.0500. The predicted octanol–water partition coefficient (Wildman–Crippen LogP) is 4.04. The van der Waals surface area contributed by atoms with Crippen molar-refractivity contribution in [3.8, 4) is 0 Å². The summed E-state index contributed by atoms with van der Waals surface area (Å²) in [5.41, 5.74) is 1.54. The Morgan fingerprint density at radius 1 is 1.25 bits per heavy atom. The predicted molar refractivity (Wildman–Crippen MR) is 60.1 cm³/mol. The number of hydrogen-bond acceptors (Lipinski definition) is 1. The lowest BCUT2D eigenvalue weighted by Gasteiger charge is -2.19. The number of benzene rings is 1. The van der Waals surface area contributed by atoms with E-state index in [2.05, 4.69) is 61.5 Å². The Morgan fingerprint density at radius 2 is 1.83 bits per heavy atom. The van der Waals surface area contributed by atoms with Crippen LogP contribution in [0.5, 0.6) is 0 Å². The minimum absolute atomic E-state index is 0.212. The van der Waals surface area contributed by atoms with E-state index in [0.29, 0.717) is 0 Å². The number of thiol groups is 1. The molecule has 12 heavy (non-hydrogen) atoms. The minimum atomic E-state index is 0.212. The lowest BCUT2D eigenvalue weighted by Crippen LogP contribution is -2.10. The first-order valence-corrected chi connectivity index (χ1v) is 5.14. The van der Waals surface area contributed by atoms with Crippen molar-refractivity contribution in [3.05, 3.63) is 28.2 Å². The molecular formula is C10H13BrS. The van der Waals surface area contributed by atoms with Gasteiger partial charge in [-0.2, -0.15) is 0 Å². The summed E-state index contributed by atoms with van der Waals surface area (Å²) < 4.78 is 1.07. The Labute approximate surface area is 87.9 Å². The summed E-state index contributed by atoms with van der Waals surface area (Å²) >= 11 is 7.76. The fraction of sp³-hybridized carbons (Fsp3) is 0.400. The highest BCUT2D eigenvalue weighted by molar-refractivity contribution is 9.10. The molecule has 0 N–H and O–H groups in total. The minimum Gasteiger partial charge on any atom is -0.142 e. The van der Waals surface area contributed by atoms with E-state index in [4.69, 9.17) is 0 Å². The van der Waals surface area contributed by atoms with Gasteiger partial charge in [0.1, 0.15) is 0 Å². The maximum absolute atomic E-state index is 4.29. The van der Waals surface area contributed by atoms with Crippen molar-refractivity contribution in [1.29, 1.82) is 0 Å². The van der Waals surface area contributed by atoms with Gasteiger partial charge in [0.15, 0.2) is 0 Å². The second kappa shape index (κ2) is 3.43. The van der Waals surface area contributed by atoms with Crippen LogP contribution in [0, 0.1) is 0 Å². The second-order valence-electron chi connectivity index (χ2n) is 3.92. The molecule has 0 saturated carbocycles. The molecule has 0 saturated heterocycles. The molecule has 0 radical (unpaired) electrons. The van der Waals surface area contributed by atoms with Crippen molar-refractivity contribution in [3.63, 3.8) is 0 Å². The number of rotatable bonds is 0. The summed E-state index contributed by atoms with van der Waals surface area (Å²) in [6.07, 6.45) is 0. The van der Waals surface area contributed by atoms with Gasteiger partial charge in [0, 0.05) is 9.37 Å². The normalized spacial score (nSPS) is 11.8. The van der Waals surface area contributed by atoms with E-state index in [0.717, 1.165) is 9.37 Å². The van der Waals surface area contributed by atoms with Gasteiger partial charge in [0.25, 0.3) is 0 Å². The molecule has 0 amide bonds. The van der Waals surface area contributed by atoms with Crippen LogP contribution >= 0.6 is 28.6 Å². The van der Waals surface area contributed by atoms with Crippen LogP contribution in [-0.2, 0) is 5.41 Å². The van der Waals surface area contributed by atoms with Gasteiger partial charge in [-0.3, -0.25) is 0 Å². The summed E-state index contributed by atoms with van der Waals surface area (Å²) in [6, 6.07) is 6.27. The van der Waals surface area contributed by atoms with Crippen LogP contribution in [-0.4, -0.2) is 0 Å². The van der Waals surface area contributed by atoms with Crippen molar-refractivity contribution >= 4 is 28.6 Å². The van der Waals surface area contributed by atoms with Crippen LogP contribution in [0.1, 0.15) is 26.3 Å². The summed E-state index contributed by atoms with van der Waals surface area (Å²) in [7, 11) is 0. The van der Waals surface area contributed by atoms with Crippen molar-refractivity contribution in [2.24, 2.45) is 0 Å². The average molecular weight is 245 g/mol. The molecule has 0 heterocycles. The smallest absolute Gasteiger partial charge is 0.0311 e. The zero-order valence-electron chi connectivity index (χ0n) is 7.56. The Bertz CT molecular complexity index is 286. The molecule has 1 aromatic rings. The molecule has 0 aliphatic heterocycles. The molecular weight excluding hydrogens is 232 g/mol. The van der Waals surface area contributed by atoms with E-state index in [9.17, 15) is 0 Å². The number of halogens is 1. The summed E-state index contributed by atoms with van der Waals surface area (Å²) in [5.74, 6) is 0. The molecule has 0 unspecified atom stereocenters. The molecule has 0 aromatic heterocycles. The van der Waals surface area contributed by atoms with E-state index in [-0.39, 0.29) is 5.41 Å². The first kappa shape index (κ1) is 10.1. The van der Waals surface area contributed by atoms with E-state index >= 15 is 0 Å². The Balaban J connectivity index is 3.14. The molecule has 0 aliphatic carbocycles. The van der Waals surface area contributed by atoms with Crippen LogP contribution in [0.15, 0.2) is 27.6 Å². The first-order valence-electron chi connectivity index (χ1n) is 3.90. The van der Waals surface area contributed by atoms with Gasteiger partial charge < -0.3 is 0 Å². The monoisotopic (exact) mass is 244 g/mol. The van der Waals surface area contributed by atoms with Crippen molar-refractivity contribution < 1.29 is 0 Å². The maximum Gasteiger partial charge on any atom is 0.0311 e. The fourth-order valence-electron chi connectivity index (χ4n) is 0.973. The van der Waals surface area contributed by atoms with Gasteiger partial charge >= 0.3 is 0 Å². The van der Waals surface area contributed by atoms with Crippen LogP contribution in [0.4, 0.5) is 0 Å². The molecule has 0 atom stereocenters. The van der Waals surface area contributed by atoms with Gasteiger partial charge in [0.05, 0.1) is 0 Å². The van der Waals surface area contributed by atoms with Crippen molar-refractivity contribution in [1.82, 2.24) is 0 Å². The molecule has 0 spiro atoms. The van der Waals surface area contributed by atoms with Crippen LogP contribution in [0.2, 0.25) is 0 Å². The maximum atomic E-state index is 4.29. The van der Waals surface area contributed by atoms with Gasteiger partial charge in [-0.1, -0.05) is 26.8 Å². The van der Waals surface area contributed by atoms with Crippen molar-refractivity contribution in [2.75, 3.05) is 0 Å². The van der Waals surface area contributed by atoms with Gasteiger partial charge in [-0.05, 0) is 39.0 Å². The summed E-state index contributed by atoms with van der Waals surface area (Å²) in [4.78, 5) is 0.989. The lowest BCUT2D eigenvalue weighted by molar-refractivity contribution is 0.589. The highest BCUT2D eigenvalue weighted by Gasteiger charge is 2.13. The van der Waals surface area contributed by atoms with Crippen LogP contribution in [0.25, 0.3) is 0 Å². The number of hydrogen-bond donors (Lipinski definition) is 1. The molecule has 0 fully saturated rings. The lowest BCUT2D eigenvalue weighted by atomic mass is 9.87. The van der Waals surface area contributed by atoms with E-state index in [1.807, 2.05) is 6.07 Å². The third-order valence-electron chi connectivity index (χ3n) is 1.81. The zero-order valence-corrected chi connectivity index (χ0v) is 10.0. The molecule has 0 nitrogen and oxygen atoms in total. The zero-order chi connectivity index (χ0) is 9.35. The third-order valence-corrected chi connectivity index (χ3v) is 3.17. The molecule has 2 heteroatoms. The standard InChI is InChI=1S/C10H13BrS/c1-10(2,3)7-4-5-9(12)8(11)6-7/h4-6,12H,1-3H3. The van der Waals surface area contributed by atoms with Gasteiger partial charge in [-0.15, -0.1) is 12.6 Å². The summed E-state index contributed by atoms with van der Waals surface area (Å²) in [5, 5.41) is 0. The van der Waals surface area contributed by atoms with E-state index in [1.54, 1.807) is 0 Å². The molecule has 1 rings (SSSR count). The quantitative estimate of drug-likeness (QED) is 0.655. The van der Waals surface area contributed by atoms with Gasteiger partial charge in [-0.25, -0.2) is 0 Å². The van der Waals surface area contributed by atoms with Crippen LogP contribution in [0.3, 0.4) is 0 Å². The van der Waals surface area contributed by atoms with E-state index in [1.165, 1.54) is 5.56 Å². The molecule has 0 bridgehead atoms. The Kier molecular flexibility index (Phi) is 2.89.